The molecule has 102 valence electrons. The first-order valence-corrected chi connectivity index (χ1v) is 5.95. The number of nitrogens with two attached hydrogens (primary N) is 1. The van der Waals surface area contributed by atoms with E-state index in [1.807, 2.05) is 0 Å². The quantitative estimate of drug-likeness (QED) is 0.604. The minimum atomic E-state index is -0.530. The number of non-ortho nitro benzene ring substituents is 1. The monoisotopic (exact) mass is 265 g/mol. The molecule has 7 nitrogen and oxygen atoms in total. The van der Waals surface area contributed by atoms with E-state index in [2.05, 4.69) is 0 Å². The normalized spacial score (nSPS) is 18.9. The molecule has 1 aromatic rings. The van der Waals surface area contributed by atoms with Gasteiger partial charge in [0.25, 0.3) is 5.69 Å². The summed E-state index contributed by atoms with van der Waals surface area (Å²) in [5.41, 5.74) is 6.35. The number of hydrogen-bond donors (Lipinski definition) is 2. The first kappa shape index (κ1) is 13.4. The number of rotatable bonds is 4. The van der Waals surface area contributed by atoms with Crippen LogP contribution in [0.2, 0.25) is 0 Å². The molecular weight excluding hydrogens is 250 g/mol. The highest BCUT2D eigenvalue weighted by Crippen LogP contribution is 2.30. The number of aliphatic hydroxyl groups excluding tert-OH is 1. The molecule has 1 amide bonds. The van der Waals surface area contributed by atoms with Crippen molar-refractivity contribution < 1.29 is 14.8 Å². The zero-order valence-electron chi connectivity index (χ0n) is 10.3. The molecule has 1 aliphatic heterocycles. The molecule has 19 heavy (non-hydrogen) atoms. The van der Waals surface area contributed by atoms with Gasteiger partial charge in [-0.15, -0.1) is 0 Å². The van der Waals surface area contributed by atoms with Crippen LogP contribution in [0, 0.1) is 16.0 Å². The van der Waals surface area contributed by atoms with E-state index in [0.29, 0.717) is 30.8 Å². The van der Waals surface area contributed by atoms with Crippen LogP contribution >= 0.6 is 0 Å². The summed E-state index contributed by atoms with van der Waals surface area (Å²) in [6.45, 7) is 0.553. The summed E-state index contributed by atoms with van der Waals surface area (Å²) in [5.74, 6) is 0.0215. The summed E-state index contributed by atoms with van der Waals surface area (Å²) >= 11 is 0. The highest BCUT2D eigenvalue weighted by atomic mass is 16.6. The van der Waals surface area contributed by atoms with Gasteiger partial charge in [-0.1, -0.05) is 0 Å². The van der Waals surface area contributed by atoms with Gasteiger partial charge in [0.2, 0.25) is 5.91 Å². The van der Waals surface area contributed by atoms with Gasteiger partial charge in [-0.2, -0.15) is 0 Å². The van der Waals surface area contributed by atoms with E-state index >= 15 is 0 Å². The summed E-state index contributed by atoms with van der Waals surface area (Å²) in [6, 6.07) is 4.12. The molecule has 0 radical (unpaired) electrons. The minimum absolute atomic E-state index is 0.0704. The minimum Gasteiger partial charge on any atom is -0.392 e. The summed E-state index contributed by atoms with van der Waals surface area (Å²) < 4.78 is 0. The van der Waals surface area contributed by atoms with Gasteiger partial charge >= 0.3 is 0 Å². The smallest absolute Gasteiger partial charge is 0.269 e. The third-order valence-electron chi connectivity index (χ3n) is 3.27. The zero-order valence-corrected chi connectivity index (χ0v) is 10.3. The van der Waals surface area contributed by atoms with Crippen LogP contribution in [0.1, 0.15) is 12.0 Å². The number of nitro benzene ring substituents is 1. The van der Waals surface area contributed by atoms with E-state index in [9.17, 15) is 20.0 Å². The van der Waals surface area contributed by atoms with Gasteiger partial charge in [-0.3, -0.25) is 14.9 Å². The van der Waals surface area contributed by atoms with Crippen LogP contribution in [0.4, 0.5) is 11.4 Å². The molecule has 1 aromatic carbocycles. The molecule has 0 bridgehead atoms. The highest BCUT2D eigenvalue weighted by molar-refractivity contribution is 5.96. The fourth-order valence-electron chi connectivity index (χ4n) is 2.25. The van der Waals surface area contributed by atoms with E-state index < -0.39 is 4.92 Å². The molecule has 1 saturated heterocycles. The van der Waals surface area contributed by atoms with Crippen molar-refractivity contribution in [2.24, 2.45) is 11.7 Å². The number of carbonyl (C=O) groups is 1. The predicted molar refractivity (Wildman–Crippen MR) is 68.5 cm³/mol. The van der Waals surface area contributed by atoms with Crippen LogP contribution in [-0.4, -0.2) is 29.0 Å². The van der Waals surface area contributed by atoms with Crippen molar-refractivity contribution in [1.82, 2.24) is 0 Å². The van der Waals surface area contributed by atoms with Gasteiger partial charge in [-0.25, -0.2) is 0 Å². The Hall–Kier alpha value is -1.99. The third-order valence-corrected chi connectivity index (χ3v) is 3.27. The van der Waals surface area contributed by atoms with Crippen molar-refractivity contribution in [3.63, 3.8) is 0 Å². The zero-order chi connectivity index (χ0) is 14.0. The standard InChI is InChI=1S/C12H15N3O4/c13-5-8-3-12(17)14(6-8)11-2-1-10(15(18)19)4-9(11)7-16/h1-2,4,8,16H,3,5-7,13H2. The second kappa shape index (κ2) is 5.33. The molecule has 0 saturated carbocycles. The van der Waals surface area contributed by atoms with Crippen molar-refractivity contribution in [3.8, 4) is 0 Å². The number of anilines is 1. The van der Waals surface area contributed by atoms with Crippen molar-refractivity contribution in [1.29, 1.82) is 0 Å². The number of amides is 1. The second-order valence-electron chi connectivity index (χ2n) is 4.54. The van der Waals surface area contributed by atoms with E-state index in [4.69, 9.17) is 5.73 Å². The molecule has 7 heteroatoms. The molecule has 0 aliphatic carbocycles. The average Bonchev–Trinajstić information content (AvgIpc) is 2.79. The lowest BCUT2D eigenvalue weighted by Gasteiger charge is -2.19. The number of aliphatic hydroxyl groups is 1. The Balaban J connectivity index is 2.34. The Morgan fingerprint density at radius 2 is 2.26 bits per heavy atom. The van der Waals surface area contributed by atoms with Gasteiger partial charge in [0, 0.05) is 36.3 Å². The summed E-state index contributed by atoms with van der Waals surface area (Å²) in [6.07, 6.45) is 0.373. The van der Waals surface area contributed by atoms with E-state index in [-0.39, 0.29) is 24.1 Å². The Morgan fingerprint density at radius 1 is 1.53 bits per heavy atom. The molecule has 3 N–H and O–H groups in total. The molecule has 0 spiro atoms. The maximum Gasteiger partial charge on any atom is 0.269 e. The second-order valence-corrected chi connectivity index (χ2v) is 4.54. The van der Waals surface area contributed by atoms with Crippen molar-refractivity contribution in [2.45, 2.75) is 13.0 Å². The van der Waals surface area contributed by atoms with Crippen molar-refractivity contribution in [2.75, 3.05) is 18.0 Å². The largest absolute Gasteiger partial charge is 0.392 e. The highest BCUT2D eigenvalue weighted by Gasteiger charge is 2.31. The Kier molecular flexibility index (Phi) is 3.77. The first-order valence-electron chi connectivity index (χ1n) is 5.95. The average molecular weight is 265 g/mol. The fraction of sp³-hybridized carbons (Fsp3) is 0.417. The summed E-state index contributed by atoms with van der Waals surface area (Å²) in [4.78, 5) is 23.6. The molecule has 1 unspecified atom stereocenters. The third kappa shape index (κ3) is 2.56. The van der Waals surface area contributed by atoms with Gasteiger partial charge < -0.3 is 15.7 Å². The summed E-state index contributed by atoms with van der Waals surface area (Å²) in [5, 5.41) is 20.0. The van der Waals surface area contributed by atoms with Crippen LogP contribution in [-0.2, 0) is 11.4 Å². The lowest BCUT2D eigenvalue weighted by molar-refractivity contribution is -0.384. The number of nitro groups is 1. The molecule has 1 atom stereocenters. The molecule has 0 aromatic heterocycles. The van der Waals surface area contributed by atoms with Crippen molar-refractivity contribution in [3.05, 3.63) is 33.9 Å². The van der Waals surface area contributed by atoms with E-state index in [1.165, 1.54) is 23.1 Å². The van der Waals surface area contributed by atoms with Crippen LogP contribution in [0.15, 0.2) is 18.2 Å². The van der Waals surface area contributed by atoms with E-state index in [1.54, 1.807) is 0 Å². The van der Waals surface area contributed by atoms with Gasteiger partial charge in [0.1, 0.15) is 0 Å². The molecule has 1 aliphatic rings. The Bertz CT molecular complexity index is 518. The molecule has 1 heterocycles. The Labute approximate surface area is 109 Å². The number of hydrogen-bond acceptors (Lipinski definition) is 5. The van der Waals surface area contributed by atoms with E-state index in [0.717, 1.165) is 0 Å². The molecule has 1 fully saturated rings. The predicted octanol–water partition coefficient (Wildman–Crippen LogP) is 0.399. The summed E-state index contributed by atoms with van der Waals surface area (Å²) in [7, 11) is 0. The lowest BCUT2D eigenvalue weighted by atomic mass is 10.1. The van der Waals surface area contributed by atoms with Crippen molar-refractivity contribution >= 4 is 17.3 Å². The maximum absolute atomic E-state index is 11.9. The van der Waals surface area contributed by atoms with Crippen LogP contribution in [0.25, 0.3) is 0 Å². The van der Waals surface area contributed by atoms with Crippen LogP contribution < -0.4 is 10.6 Å². The van der Waals surface area contributed by atoms with Gasteiger partial charge in [0.15, 0.2) is 0 Å². The Morgan fingerprint density at radius 3 is 2.79 bits per heavy atom. The van der Waals surface area contributed by atoms with Crippen LogP contribution in [0.3, 0.4) is 0 Å². The lowest BCUT2D eigenvalue weighted by Crippen LogP contribution is -2.26. The first-order chi connectivity index (χ1) is 9.06. The molecular formula is C12H15N3O4. The maximum atomic E-state index is 11.9. The number of nitrogens with zero attached hydrogens (tertiary/aromatic N) is 2. The molecule has 2 rings (SSSR count). The fourth-order valence-corrected chi connectivity index (χ4v) is 2.25. The topological polar surface area (TPSA) is 110 Å². The van der Waals surface area contributed by atoms with Crippen LogP contribution in [0.5, 0.6) is 0 Å². The number of carbonyl (C=O) groups excluding carboxylic acids is 1. The van der Waals surface area contributed by atoms with Gasteiger partial charge in [-0.05, 0) is 18.5 Å². The SMILES string of the molecule is NCC1CC(=O)N(c2ccc([N+](=O)[O-])cc2CO)C1. The number of benzene rings is 1. The van der Waals surface area contributed by atoms with Gasteiger partial charge in [0.05, 0.1) is 11.5 Å².